The first-order valence-corrected chi connectivity index (χ1v) is 7.58. The fourth-order valence-electron chi connectivity index (χ4n) is 3.05. The first kappa shape index (κ1) is 14.5. The van der Waals surface area contributed by atoms with Gasteiger partial charge in [-0.1, -0.05) is 0 Å². The van der Waals surface area contributed by atoms with Gasteiger partial charge >= 0.3 is 5.97 Å². The van der Waals surface area contributed by atoms with Crippen molar-refractivity contribution < 1.29 is 14.6 Å². The lowest BCUT2D eigenvalue weighted by Crippen LogP contribution is -2.37. The van der Waals surface area contributed by atoms with Crippen molar-refractivity contribution >= 4 is 5.97 Å². The maximum atomic E-state index is 11.3. The van der Waals surface area contributed by atoms with E-state index >= 15 is 0 Å². The average Bonchev–Trinajstić information content (AvgIpc) is 2.88. The predicted molar refractivity (Wildman–Crippen MR) is 76.5 cm³/mol. The van der Waals surface area contributed by atoms with Crippen molar-refractivity contribution in [2.24, 2.45) is 0 Å². The Kier molecular flexibility index (Phi) is 4.52. The number of nitrogens with one attached hydrogen (secondary N) is 1. The zero-order valence-electron chi connectivity index (χ0n) is 12.2. The highest BCUT2D eigenvalue weighted by Gasteiger charge is 2.24. The summed E-state index contributed by atoms with van der Waals surface area (Å²) in [7, 11) is 0. The van der Waals surface area contributed by atoms with Crippen LogP contribution in [0.4, 0.5) is 0 Å². The number of fused-ring (bicyclic) bond motifs is 1. The molecular weight excluding hydrogens is 272 g/mol. The lowest BCUT2D eigenvalue weighted by Gasteiger charge is -2.26. The molecule has 0 aromatic carbocycles. The monoisotopic (exact) mass is 294 g/mol. The number of carbonyl (C=O) groups is 1. The first-order valence-electron chi connectivity index (χ1n) is 7.58. The van der Waals surface area contributed by atoms with Crippen LogP contribution in [0, 0.1) is 0 Å². The zero-order valence-corrected chi connectivity index (χ0v) is 12.2. The number of carboxylic acid groups (broad SMARTS) is 1. The van der Waals surface area contributed by atoms with E-state index in [-0.39, 0.29) is 5.69 Å². The van der Waals surface area contributed by atoms with Crippen molar-refractivity contribution in [2.45, 2.75) is 25.9 Å². The third kappa shape index (κ3) is 3.25. The number of carboxylic acids is 1. The van der Waals surface area contributed by atoms with Crippen LogP contribution < -0.4 is 5.32 Å². The van der Waals surface area contributed by atoms with Crippen molar-refractivity contribution in [1.29, 1.82) is 0 Å². The fourth-order valence-corrected chi connectivity index (χ4v) is 3.05. The average molecular weight is 294 g/mol. The van der Waals surface area contributed by atoms with Gasteiger partial charge in [-0.25, -0.2) is 4.79 Å². The van der Waals surface area contributed by atoms with Gasteiger partial charge in [0, 0.05) is 56.9 Å². The van der Waals surface area contributed by atoms with Crippen molar-refractivity contribution in [2.75, 3.05) is 39.4 Å². The van der Waals surface area contributed by atoms with E-state index in [4.69, 9.17) is 4.74 Å². The zero-order chi connectivity index (χ0) is 14.7. The second-order valence-corrected chi connectivity index (χ2v) is 5.54. The summed E-state index contributed by atoms with van der Waals surface area (Å²) in [6.45, 7) is 6.90. The highest BCUT2D eigenvalue weighted by molar-refractivity contribution is 5.87. The van der Waals surface area contributed by atoms with Gasteiger partial charge in [0.1, 0.15) is 0 Å². The molecule has 21 heavy (non-hydrogen) atoms. The highest BCUT2D eigenvalue weighted by Crippen LogP contribution is 2.19. The first-order chi connectivity index (χ1) is 10.3. The minimum absolute atomic E-state index is 0.212. The molecule has 0 unspecified atom stereocenters. The second-order valence-electron chi connectivity index (χ2n) is 5.54. The molecule has 0 saturated carbocycles. The number of hydrogen-bond donors (Lipinski definition) is 2. The van der Waals surface area contributed by atoms with Gasteiger partial charge in [-0.2, -0.15) is 5.10 Å². The lowest BCUT2D eigenvalue weighted by molar-refractivity contribution is 0.0368. The molecule has 0 amide bonds. The van der Waals surface area contributed by atoms with Crippen LogP contribution in [0.2, 0.25) is 0 Å². The normalized spacial score (nSPS) is 19.4. The van der Waals surface area contributed by atoms with Gasteiger partial charge < -0.3 is 15.2 Å². The molecule has 7 nitrogen and oxygen atoms in total. The number of aromatic nitrogens is 2. The van der Waals surface area contributed by atoms with Crippen LogP contribution in [0.15, 0.2) is 0 Å². The number of hydrogen-bond acceptors (Lipinski definition) is 5. The second kappa shape index (κ2) is 6.55. The number of rotatable bonds is 5. The van der Waals surface area contributed by atoms with Crippen molar-refractivity contribution in [3.8, 4) is 0 Å². The molecule has 1 aromatic rings. The Morgan fingerprint density at radius 2 is 2.14 bits per heavy atom. The summed E-state index contributed by atoms with van der Waals surface area (Å²) in [6.07, 6.45) is 1.84. The maximum absolute atomic E-state index is 11.3. The van der Waals surface area contributed by atoms with Crippen molar-refractivity contribution in [3.63, 3.8) is 0 Å². The Morgan fingerprint density at radius 3 is 2.90 bits per heavy atom. The summed E-state index contributed by atoms with van der Waals surface area (Å²) in [4.78, 5) is 13.7. The van der Waals surface area contributed by atoms with Crippen molar-refractivity contribution in [3.05, 3.63) is 17.0 Å². The minimum atomic E-state index is -0.929. The van der Waals surface area contributed by atoms with E-state index in [0.29, 0.717) is 6.54 Å². The topological polar surface area (TPSA) is 79.6 Å². The van der Waals surface area contributed by atoms with Crippen LogP contribution >= 0.6 is 0 Å². The van der Waals surface area contributed by atoms with E-state index < -0.39 is 5.97 Å². The van der Waals surface area contributed by atoms with Gasteiger partial charge in [0.25, 0.3) is 0 Å². The molecule has 1 fully saturated rings. The quantitative estimate of drug-likeness (QED) is 0.792. The summed E-state index contributed by atoms with van der Waals surface area (Å²) >= 11 is 0. The third-order valence-corrected chi connectivity index (χ3v) is 4.16. The number of aromatic carboxylic acids is 1. The van der Waals surface area contributed by atoms with Gasteiger partial charge in [0.2, 0.25) is 0 Å². The standard InChI is InChI=1S/C14H22N4O3/c19-14(20)13-11-10-15-3-2-12(11)18(16-13)5-1-4-17-6-8-21-9-7-17/h15H,1-10H2,(H,19,20). The Labute approximate surface area is 123 Å². The summed E-state index contributed by atoms with van der Waals surface area (Å²) in [5.74, 6) is -0.929. The van der Waals surface area contributed by atoms with Gasteiger partial charge in [0.15, 0.2) is 5.69 Å². The predicted octanol–water partition coefficient (Wildman–Crippen LogP) is -0.0507. The van der Waals surface area contributed by atoms with E-state index in [1.807, 2.05) is 4.68 Å². The number of ether oxygens (including phenoxy) is 1. The maximum Gasteiger partial charge on any atom is 0.356 e. The van der Waals surface area contributed by atoms with Gasteiger partial charge in [0.05, 0.1) is 13.2 Å². The van der Waals surface area contributed by atoms with Gasteiger partial charge in [-0.15, -0.1) is 0 Å². The van der Waals surface area contributed by atoms with Crippen LogP contribution in [0.25, 0.3) is 0 Å². The summed E-state index contributed by atoms with van der Waals surface area (Å²) in [5, 5.41) is 16.8. The van der Waals surface area contributed by atoms with Crippen molar-refractivity contribution in [1.82, 2.24) is 20.0 Å². The lowest BCUT2D eigenvalue weighted by atomic mass is 10.1. The molecule has 3 heterocycles. The largest absolute Gasteiger partial charge is 0.476 e. The summed E-state index contributed by atoms with van der Waals surface area (Å²) in [6, 6.07) is 0. The van der Waals surface area contributed by atoms with E-state index in [9.17, 15) is 9.90 Å². The molecule has 2 N–H and O–H groups in total. The van der Waals surface area contributed by atoms with E-state index in [1.165, 1.54) is 0 Å². The van der Waals surface area contributed by atoms with Crippen LogP contribution in [0.5, 0.6) is 0 Å². The van der Waals surface area contributed by atoms with Crippen LogP contribution in [0.1, 0.15) is 28.2 Å². The Morgan fingerprint density at radius 1 is 1.33 bits per heavy atom. The molecule has 2 aliphatic rings. The molecule has 0 bridgehead atoms. The molecule has 0 atom stereocenters. The summed E-state index contributed by atoms with van der Waals surface area (Å²) in [5.41, 5.74) is 2.16. The van der Waals surface area contributed by atoms with E-state index in [1.54, 1.807) is 0 Å². The number of nitrogens with zero attached hydrogens (tertiary/aromatic N) is 3. The van der Waals surface area contributed by atoms with E-state index in [2.05, 4.69) is 15.3 Å². The Balaban J connectivity index is 1.63. The molecule has 0 radical (unpaired) electrons. The Hall–Kier alpha value is -1.44. The molecule has 0 aliphatic carbocycles. The Bertz CT molecular complexity index is 509. The molecule has 116 valence electrons. The van der Waals surface area contributed by atoms with Crippen LogP contribution in [-0.2, 0) is 24.2 Å². The van der Waals surface area contributed by atoms with Crippen LogP contribution in [0.3, 0.4) is 0 Å². The molecule has 1 aromatic heterocycles. The smallest absolute Gasteiger partial charge is 0.356 e. The van der Waals surface area contributed by atoms with Crippen LogP contribution in [-0.4, -0.2) is 65.1 Å². The SMILES string of the molecule is O=C(O)c1nn(CCCN2CCOCC2)c2c1CNCC2. The molecular formula is C14H22N4O3. The molecule has 1 saturated heterocycles. The third-order valence-electron chi connectivity index (χ3n) is 4.16. The summed E-state index contributed by atoms with van der Waals surface area (Å²) < 4.78 is 7.24. The minimum Gasteiger partial charge on any atom is -0.476 e. The highest BCUT2D eigenvalue weighted by atomic mass is 16.5. The molecule has 2 aliphatic heterocycles. The number of aryl methyl sites for hydroxylation is 1. The number of morpholine rings is 1. The van der Waals surface area contributed by atoms with Gasteiger partial charge in [-0.3, -0.25) is 9.58 Å². The molecule has 3 rings (SSSR count). The molecule has 0 spiro atoms. The van der Waals surface area contributed by atoms with E-state index in [0.717, 1.165) is 70.0 Å². The molecule has 7 heteroatoms. The van der Waals surface area contributed by atoms with Gasteiger partial charge in [-0.05, 0) is 6.42 Å². The fraction of sp³-hybridized carbons (Fsp3) is 0.714.